The summed E-state index contributed by atoms with van der Waals surface area (Å²) in [4.78, 5) is 30.1. The van der Waals surface area contributed by atoms with E-state index in [2.05, 4.69) is 24.5 Å². The lowest BCUT2D eigenvalue weighted by Gasteiger charge is -2.05. The lowest BCUT2D eigenvalue weighted by atomic mass is 10.3. The summed E-state index contributed by atoms with van der Waals surface area (Å²) in [5.41, 5.74) is 0.624. The quantitative estimate of drug-likeness (QED) is 0.633. The summed E-state index contributed by atoms with van der Waals surface area (Å²) in [6.07, 6.45) is 1.06. The second-order valence-corrected chi connectivity index (χ2v) is 4.05. The maximum absolute atomic E-state index is 10.6. The number of carboxylic acid groups (broad SMARTS) is 1. The molecule has 0 aromatic rings. The van der Waals surface area contributed by atoms with Crippen molar-refractivity contribution in [2.45, 2.75) is 33.8 Å². The molecule has 0 bridgehead atoms. The van der Waals surface area contributed by atoms with Crippen LogP contribution in [0.25, 0.3) is 0 Å². The van der Waals surface area contributed by atoms with Gasteiger partial charge < -0.3 is 14.6 Å². The topological polar surface area (TPSA) is 89.9 Å². The van der Waals surface area contributed by atoms with Crippen LogP contribution in [0.2, 0.25) is 0 Å². The molecule has 0 aliphatic carbocycles. The second-order valence-electron chi connectivity index (χ2n) is 4.05. The first-order valence-corrected chi connectivity index (χ1v) is 5.95. The van der Waals surface area contributed by atoms with Crippen LogP contribution in [0.15, 0.2) is 37.0 Å². The first kappa shape index (κ1) is 23.7. The summed E-state index contributed by atoms with van der Waals surface area (Å²) >= 11 is 0. The zero-order chi connectivity index (χ0) is 17.6. The monoisotopic (exact) mass is 300 g/mol. The minimum Gasteiger partial charge on any atom is -0.478 e. The average Bonchev–Trinajstić information content (AvgIpc) is 2.38. The van der Waals surface area contributed by atoms with Gasteiger partial charge in [-0.25, -0.2) is 14.4 Å². The van der Waals surface area contributed by atoms with E-state index in [9.17, 15) is 14.4 Å². The highest BCUT2D eigenvalue weighted by Crippen LogP contribution is 1.95. The van der Waals surface area contributed by atoms with E-state index in [-0.39, 0.29) is 17.6 Å². The van der Waals surface area contributed by atoms with Gasteiger partial charge in [-0.15, -0.1) is 0 Å². The molecule has 0 rings (SSSR count). The van der Waals surface area contributed by atoms with Crippen molar-refractivity contribution in [2.24, 2.45) is 0 Å². The Morgan fingerprint density at radius 2 is 1.48 bits per heavy atom. The van der Waals surface area contributed by atoms with Crippen molar-refractivity contribution in [3.63, 3.8) is 0 Å². The van der Waals surface area contributed by atoms with Crippen molar-refractivity contribution in [3.05, 3.63) is 37.0 Å². The second kappa shape index (κ2) is 14.0. The molecule has 0 radical (unpaired) electrons. The minimum absolute atomic E-state index is 0.0470. The lowest BCUT2D eigenvalue weighted by Crippen LogP contribution is -2.11. The van der Waals surface area contributed by atoms with Gasteiger partial charge in [0.15, 0.2) is 0 Å². The van der Waals surface area contributed by atoms with E-state index in [4.69, 9.17) is 9.84 Å². The molecule has 0 aromatic heterocycles. The highest BCUT2D eigenvalue weighted by atomic mass is 16.5. The Labute approximate surface area is 125 Å². The van der Waals surface area contributed by atoms with Crippen molar-refractivity contribution in [2.75, 3.05) is 7.11 Å². The Morgan fingerprint density at radius 1 is 1.10 bits per heavy atom. The average molecular weight is 300 g/mol. The summed E-state index contributed by atoms with van der Waals surface area (Å²) in [6.45, 7) is 16.4. The number of carboxylic acids is 1. The number of methoxy groups -OCH3 is 1. The Bertz CT molecular complexity index is 378. The van der Waals surface area contributed by atoms with Gasteiger partial charge in [-0.1, -0.05) is 19.7 Å². The van der Waals surface area contributed by atoms with Crippen molar-refractivity contribution < 1.29 is 29.0 Å². The highest BCUT2D eigenvalue weighted by molar-refractivity contribution is 5.87. The van der Waals surface area contributed by atoms with Gasteiger partial charge in [-0.05, 0) is 27.7 Å². The van der Waals surface area contributed by atoms with Crippen LogP contribution in [0.1, 0.15) is 27.7 Å². The summed E-state index contributed by atoms with van der Waals surface area (Å²) in [5.74, 6) is -1.64. The molecule has 0 saturated heterocycles. The first-order valence-electron chi connectivity index (χ1n) is 5.95. The summed E-state index contributed by atoms with van der Waals surface area (Å²) in [5, 5.41) is 7.89. The summed E-state index contributed by atoms with van der Waals surface area (Å²) in [6, 6.07) is 0. The largest absolute Gasteiger partial charge is 0.478 e. The lowest BCUT2D eigenvalue weighted by molar-refractivity contribution is -0.142. The van der Waals surface area contributed by atoms with Crippen LogP contribution in [-0.2, 0) is 23.9 Å². The molecule has 0 spiro atoms. The van der Waals surface area contributed by atoms with E-state index in [0.717, 1.165) is 6.08 Å². The molecule has 21 heavy (non-hydrogen) atoms. The summed E-state index contributed by atoms with van der Waals surface area (Å²) in [7, 11) is 1.31. The zero-order valence-electron chi connectivity index (χ0n) is 13.3. The van der Waals surface area contributed by atoms with Gasteiger partial charge in [0.05, 0.1) is 13.2 Å². The van der Waals surface area contributed by atoms with E-state index in [1.54, 1.807) is 20.8 Å². The molecule has 0 aromatic carbocycles. The predicted octanol–water partition coefficient (Wildman–Crippen LogP) is 2.51. The highest BCUT2D eigenvalue weighted by Gasteiger charge is 2.03. The van der Waals surface area contributed by atoms with Gasteiger partial charge >= 0.3 is 17.9 Å². The maximum atomic E-state index is 10.6. The number of esters is 2. The molecule has 0 amide bonds. The Balaban J connectivity index is -0.000000240. The Kier molecular flexibility index (Phi) is 15.9. The third-order valence-corrected chi connectivity index (χ3v) is 1.42. The first-order chi connectivity index (χ1) is 9.49. The maximum Gasteiger partial charge on any atom is 0.333 e. The van der Waals surface area contributed by atoms with Crippen LogP contribution in [-0.4, -0.2) is 36.2 Å². The molecule has 6 nitrogen and oxygen atoms in total. The van der Waals surface area contributed by atoms with Gasteiger partial charge in [0.2, 0.25) is 0 Å². The third kappa shape index (κ3) is 23.2. The summed E-state index contributed by atoms with van der Waals surface area (Å²) < 4.78 is 8.92. The molecule has 0 saturated carbocycles. The van der Waals surface area contributed by atoms with Gasteiger partial charge in [-0.3, -0.25) is 0 Å². The standard InChI is InChI=1S/C7H12O2.2C4H6O2/c1-5(2)7(8)9-6(3)4;1-3-4(5)6-2;1-3(2)4(5)6/h6H,1H2,2-4H3;3H,1H2,2H3;1H2,2H3,(H,5,6). The van der Waals surface area contributed by atoms with Crippen LogP contribution in [0, 0.1) is 0 Å². The smallest absolute Gasteiger partial charge is 0.333 e. The van der Waals surface area contributed by atoms with Crippen LogP contribution < -0.4 is 0 Å². The fourth-order valence-corrected chi connectivity index (χ4v) is 0.398. The number of rotatable bonds is 4. The molecule has 0 aliphatic rings. The van der Waals surface area contributed by atoms with Gasteiger partial charge in [0.25, 0.3) is 0 Å². The van der Waals surface area contributed by atoms with Gasteiger partial charge in [0.1, 0.15) is 0 Å². The fourth-order valence-electron chi connectivity index (χ4n) is 0.398. The van der Waals surface area contributed by atoms with Crippen LogP contribution in [0.4, 0.5) is 0 Å². The molecule has 120 valence electrons. The SMILES string of the molecule is C=C(C)C(=O)O.C=C(C)C(=O)OC(C)C.C=CC(=O)OC. The van der Waals surface area contributed by atoms with Crippen molar-refractivity contribution in [1.29, 1.82) is 0 Å². The van der Waals surface area contributed by atoms with Gasteiger partial charge in [-0.2, -0.15) is 0 Å². The number of carbonyl (C=O) groups excluding carboxylic acids is 2. The number of aliphatic carboxylic acids is 1. The molecule has 6 heteroatoms. The molecular weight excluding hydrogens is 276 g/mol. The van der Waals surface area contributed by atoms with Gasteiger partial charge in [0, 0.05) is 17.2 Å². The predicted molar refractivity (Wildman–Crippen MR) is 80.7 cm³/mol. The van der Waals surface area contributed by atoms with E-state index < -0.39 is 11.9 Å². The molecule has 0 heterocycles. The van der Waals surface area contributed by atoms with Crippen molar-refractivity contribution in [3.8, 4) is 0 Å². The normalized spacial score (nSPS) is 8.10. The van der Waals surface area contributed by atoms with Crippen LogP contribution >= 0.6 is 0 Å². The van der Waals surface area contributed by atoms with E-state index in [1.165, 1.54) is 14.0 Å². The number of ether oxygens (including phenoxy) is 2. The molecule has 0 unspecified atom stereocenters. The van der Waals surface area contributed by atoms with E-state index in [1.807, 2.05) is 0 Å². The third-order valence-electron chi connectivity index (χ3n) is 1.42. The molecule has 0 aliphatic heterocycles. The Hall–Kier alpha value is -2.37. The molecule has 0 atom stereocenters. The fraction of sp³-hybridized carbons (Fsp3) is 0.400. The molecule has 0 fully saturated rings. The van der Waals surface area contributed by atoms with E-state index >= 15 is 0 Å². The number of carbonyl (C=O) groups is 3. The number of hydrogen-bond acceptors (Lipinski definition) is 5. The molecular formula is C15H24O6. The van der Waals surface area contributed by atoms with Crippen LogP contribution in [0.5, 0.6) is 0 Å². The Morgan fingerprint density at radius 3 is 1.52 bits per heavy atom. The number of hydrogen-bond donors (Lipinski definition) is 1. The minimum atomic E-state index is -0.935. The molecule has 1 N–H and O–H groups in total. The van der Waals surface area contributed by atoms with E-state index in [0.29, 0.717) is 5.57 Å². The zero-order valence-corrected chi connectivity index (χ0v) is 13.3. The van der Waals surface area contributed by atoms with Crippen molar-refractivity contribution in [1.82, 2.24) is 0 Å². The van der Waals surface area contributed by atoms with Crippen LogP contribution in [0.3, 0.4) is 0 Å². The van der Waals surface area contributed by atoms with Crippen molar-refractivity contribution >= 4 is 17.9 Å².